The number of amides is 1. The van der Waals surface area contributed by atoms with Gasteiger partial charge < -0.3 is 11.5 Å². The largest absolute Gasteiger partial charge is 0.366 e. The number of carbonyl (C=O) groups is 1. The Morgan fingerprint density at radius 3 is 2.53 bits per heavy atom. The predicted octanol–water partition coefficient (Wildman–Crippen LogP) is -0.738. The van der Waals surface area contributed by atoms with Gasteiger partial charge in [-0.25, -0.2) is 14.6 Å². The van der Waals surface area contributed by atoms with Crippen LogP contribution in [-0.2, 0) is 6.42 Å². The number of nitrogens with zero attached hydrogens (tertiary/aromatic N) is 4. The zero-order chi connectivity index (χ0) is 12.3. The highest BCUT2D eigenvalue weighted by Gasteiger charge is 2.06. The lowest BCUT2D eigenvalue weighted by atomic mass is 10.2. The Bertz CT molecular complexity index is 518. The molecule has 7 heteroatoms. The van der Waals surface area contributed by atoms with Crippen LogP contribution in [0.5, 0.6) is 0 Å². The Kier molecular flexibility index (Phi) is 3.10. The molecule has 17 heavy (non-hydrogen) atoms. The fraction of sp³-hybridized carbons (Fsp3) is 0.200. The number of aromatic nitrogens is 4. The molecule has 0 aliphatic heterocycles. The minimum absolute atomic E-state index is 0.319. The Balaban J connectivity index is 2.23. The van der Waals surface area contributed by atoms with Gasteiger partial charge in [-0.2, -0.15) is 5.10 Å². The molecule has 0 aromatic carbocycles. The van der Waals surface area contributed by atoms with E-state index in [9.17, 15) is 4.79 Å². The molecule has 4 N–H and O–H groups in total. The smallest absolute Gasteiger partial charge is 0.251 e. The van der Waals surface area contributed by atoms with Crippen LogP contribution in [0.25, 0.3) is 5.95 Å². The lowest BCUT2D eigenvalue weighted by Crippen LogP contribution is -2.10. The average Bonchev–Trinajstić information content (AvgIpc) is 2.80. The maximum Gasteiger partial charge on any atom is 0.251 e. The topological polar surface area (TPSA) is 113 Å². The van der Waals surface area contributed by atoms with E-state index in [1.165, 1.54) is 17.1 Å². The number of nitrogens with two attached hydrogens (primary N) is 2. The van der Waals surface area contributed by atoms with Crippen molar-refractivity contribution in [3.63, 3.8) is 0 Å². The van der Waals surface area contributed by atoms with E-state index in [1.807, 2.05) is 0 Å². The van der Waals surface area contributed by atoms with Gasteiger partial charge in [0.25, 0.3) is 5.91 Å². The number of hydrogen-bond acceptors (Lipinski definition) is 5. The van der Waals surface area contributed by atoms with E-state index < -0.39 is 5.91 Å². The monoisotopic (exact) mass is 232 g/mol. The molecule has 0 fully saturated rings. The van der Waals surface area contributed by atoms with Gasteiger partial charge in [0.15, 0.2) is 0 Å². The summed E-state index contributed by atoms with van der Waals surface area (Å²) < 4.78 is 1.40. The molecule has 7 nitrogen and oxygen atoms in total. The summed E-state index contributed by atoms with van der Waals surface area (Å²) in [6.07, 6.45) is 6.95. The first kappa shape index (κ1) is 11.2. The number of carbonyl (C=O) groups excluding carboxylic acids is 1. The van der Waals surface area contributed by atoms with E-state index in [2.05, 4.69) is 15.1 Å². The van der Waals surface area contributed by atoms with Gasteiger partial charge in [0.1, 0.15) is 0 Å². The van der Waals surface area contributed by atoms with E-state index in [-0.39, 0.29) is 0 Å². The van der Waals surface area contributed by atoms with E-state index in [4.69, 9.17) is 11.5 Å². The highest BCUT2D eigenvalue weighted by Crippen LogP contribution is 2.03. The number of hydrogen-bond donors (Lipinski definition) is 2. The molecule has 0 atom stereocenters. The quantitative estimate of drug-likeness (QED) is 0.721. The van der Waals surface area contributed by atoms with E-state index in [0.717, 1.165) is 12.0 Å². The minimum Gasteiger partial charge on any atom is -0.366 e. The lowest BCUT2D eigenvalue weighted by Gasteiger charge is -2.00. The van der Waals surface area contributed by atoms with E-state index in [0.29, 0.717) is 18.1 Å². The number of primary amides is 1. The van der Waals surface area contributed by atoms with E-state index in [1.54, 1.807) is 12.4 Å². The molecule has 0 unspecified atom stereocenters. The fourth-order valence-corrected chi connectivity index (χ4v) is 1.32. The summed E-state index contributed by atoms with van der Waals surface area (Å²) in [5, 5.41) is 3.95. The maximum absolute atomic E-state index is 10.9. The summed E-state index contributed by atoms with van der Waals surface area (Å²) in [5.41, 5.74) is 11.8. The third-order valence-electron chi connectivity index (χ3n) is 2.20. The van der Waals surface area contributed by atoms with Gasteiger partial charge in [-0.05, 0) is 18.5 Å². The van der Waals surface area contributed by atoms with Crippen LogP contribution in [0.1, 0.15) is 15.9 Å². The molecule has 0 radical (unpaired) electrons. The van der Waals surface area contributed by atoms with E-state index >= 15 is 0 Å². The summed E-state index contributed by atoms with van der Waals surface area (Å²) in [6, 6.07) is 0. The zero-order valence-electron chi connectivity index (χ0n) is 9.08. The summed E-state index contributed by atoms with van der Waals surface area (Å²) in [5.74, 6) is -0.144. The molecule has 0 saturated carbocycles. The molecule has 2 aromatic heterocycles. The fourth-order valence-electron chi connectivity index (χ4n) is 1.32. The SMILES string of the molecule is NCCc1cnc(-n2cc(C(N)=O)cn2)nc1. The zero-order valence-corrected chi connectivity index (χ0v) is 9.08. The predicted molar refractivity (Wildman–Crippen MR) is 60.4 cm³/mol. The van der Waals surface area contributed by atoms with Gasteiger partial charge in [-0.3, -0.25) is 4.79 Å². The molecule has 88 valence electrons. The van der Waals surface area contributed by atoms with Crippen molar-refractivity contribution in [1.82, 2.24) is 19.7 Å². The first-order chi connectivity index (χ1) is 8.20. The summed E-state index contributed by atoms with van der Waals surface area (Å²) in [4.78, 5) is 19.1. The van der Waals surface area contributed by atoms with Crippen molar-refractivity contribution in [2.45, 2.75) is 6.42 Å². The van der Waals surface area contributed by atoms with Crippen LogP contribution >= 0.6 is 0 Å². The first-order valence-electron chi connectivity index (χ1n) is 5.06. The molecular formula is C10H12N6O. The van der Waals surface area contributed by atoms with Crippen LogP contribution in [0.3, 0.4) is 0 Å². The van der Waals surface area contributed by atoms with Crippen LogP contribution in [0, 0.1) is 0 Å². The molecule has 2 aromatic rings. The van der Waals surface area contributed by atoms with Crippen molar-refractivity contribution < 1.29 is 4.79 Å². The summed E-state index contributed by atoms with van der Waals surface area (Å²) in [6.45, 7) is 0.552. The molecule has 0 bridgehead atoms. The molecule has 0 saturated heterocycles. The number of rotatable bonds is 4. The van der Waals surface area contributed by atoms with Gasteiger partial charge in [-0.15, -0.1) is 0 Å². The van der Waals surface area contributed by atoms with Crippen LogP contribution in [0.15, 0.2) is 24.8 Å². The van der Waals surface area contributed by atoms with Crippen molar-refractivity contribution in [2.24, 2.45) is 11.5 Å². The van der Waals surface area contributed by atoms with Crippen molar-refractivity contribution in [2.75, 3.05) is 6.54 Å². The highest BCUT2D eigenvalue weighted by molar-refractivity contribution is 5.92. The lowest BCUT2D eigenvalue weighted by molar-refractivity contribution is 0.100. The van der Waals surface area contributed by atoms with Crippen LogP contribution in [0.2, 0.25) is 0 Å². The average molecular weight is 232 g/mol. The maximum atomic E-state index is 10.9. The third-order valence-corrected chi connectivity index (χ3v) is 2.20. The molecule has 0 aliphatic rings. The minimum atomic E-state index is -0.531. The van der Waals surface area contributed by atoms with Crippen molar-refractivity contribution >= 4 is 5.91 Å². The molecule has 2 heterocycles. The van der Waals surface area contributed by atoms with Crippen molar-refractivity contribution in [3.8, 4) is 5.95 Å². The van der Waals surface area contributed by atoms with Crippen molar-refractivity contribution in [3.05, 3.63) is 35.9 Å². The normalized spacial score (nSPS) is 10.4. The second-order valence-corrected chi connectivity index (χ2v) is 3.47. The van der Waals surface area contributed by atoms with Crippen LogP contribution < -0.4 is 11.5 Å². The molecule has 0 aliphatic carbocycles. The Morgan fingerprint density at radius 2 is 2.00 bits per heavy atom. The Labute approximate surface area is 97.5 Å². The standard InChI is InChI=1S/C10H12N6O/c11-2-1-7-3-13-10(14-4-7)16-6-8(5-15-16)9(12)17/h3-6H,1-2,11H2,(H2,12,17). The molecule has 2 rings (SSSR count). The molecular weight excluding hydrogens is 220 g/mol. The second-order valence-electron chi connectivity index (χ2n) is 3.47. The summed E-state index contributed by atoms with van der Waals surface area (Å²) >= 11 is 0. The molecule has 0 spiro atoms. The first-order valence-corrected chi connectivity index (χ1v) is 5.06. The third kappa shape index (κ3) is 2.45. The van der Waals surface area contributed by atoms with Crippen molar-refractivity contribution in [1.29, 1.82) is 0 Å². The van der Waals surface area contributed by atoms with Crippen LogP contribution in [-0.4, -0.2) is 32.2 Å². The Hall–Kier alpha value is -2.28. The van der Waals surface area contributed by atoms with Crippen LogP contribution in [0.4, 0.5) is 0 Å². The van der Waals surface area contributed by atoms with Gasteiger partial charge in [0, 0.05) is 18.6 Å². The van der Waals surface area contributed by atoms with Gasteiger partial charge in [-0.1, -0.05) is 0 Å². The second kappa shape index (κ2) is 4.71. The van der Waals surface area contributed by atoms with Gasteiger partial charge in [0.2, 0.25) is 5.95 Å². The molecule has 1 amide bonds. The Morgan fingerprint density at radius 1 is 1.29 bits per heavy atom. The highest BCUT2D eigenvalue weighted by atomic mass is 16.1. The van der Waals surface area contributed by atoms with Gasteiger partial charge >= 0.3 is 0 Å². The summed E-state index contributed by atoms with van der Waals surface area (Å²) in [7, 11) is 0. The van der Waals surface area contributed by atoms with Gasteiger partial charge in [0.05, 0.1) is 11.8 Å².